The summed E-state index contributed by atoms with van der Waals surface area (Å²) in [5.41, 5.74) is 4.46. The van der Waals surface area contributed by atoms with Crippen molar-refractivity contribution in [2.75, 3.05) is 0 Å². The number of hydrogen-bond acceptors (Lipinski definition) is 3. The zero-order valence-corrected chi connectivity index (χ0v) is 15.1. The van der Waals surface area contributed by atoms with Crippen molar-refractivity contribution >= 4 is 23.4 Å². The molecule has 1 amide bonds. The highest BCUT2D eigenvalue weighted by Gasteiger charge is 2.27. The predicted molar refractivity (Wildman–Crippen MR) is 103 cm³/mol. The summed E-state index contributed by atoms with van der Waals surface area (Å²) in [6, 6.07) is 15.7. The van der Waals surface area contributed by atoms with Crippen molar-refractivity contribution in [3.05, 3.63) is 82.8 Å². The summed E-state index contributed by atoms with van der Waals surface area (Å²) in [6.07, 6.45) is 4.91. The summed E-state index contributed by atoms with van der Waals surface area (Å²) in [5.74, 6) is 0.228. The fraction of sp³-hybridized carbons (Fsp3) is 0.143. The number of amides is 1. The van der Waals surface area contributed by atoms with Crippen molar-refractivity contribution in [3.8, 4) is 11.3 Å². The number of halogens is 1. The van der Waals surface area contributed by atoms with Crippen LogP contribution in [0.2, 0.25) is 5.02 Å². The molecule has 0 atom stereocenters. The number of carbonyl (C=O) groups excluding carboxylic acids is 1. The van der Waals surface area contributed by atoms with Gasteiger partial charge in [-0.15, -0.1) is 0 Å². The molecule has 6 heteroatoms. The lowest BCUT2D eigenvalue weighted by Crippen LogP contribution is -2.36. The summed E-state index contributed by atoms with van der Waals surface area (Å²) < 4.78 is 7.08. The van der Waals surface area contributed by atoms with E-state index in [-0.39, 0.29) is 11.9 Å². The third-order valence-corrected chi connectivity index (χ3v) is 5.23. The van der Waals surface area contributed by atoms with E-state index in [2.05, 4.69) is 22.4 Å². The molecule has 5 rings (SSSR count). The largest absolute Gasteiger partial charge is 0.432 e. The molecular formula is C21H16ClN3O2. The molecule has 1 aliphatic carbocycles. The Morgan fingerprint density at radius 2 is 1.81 bits per heavy atom. The van der Waals surface area contributed by atoms with Gasteiger partial charge in [-0.2, -0.15) is 4.98 Å². The van der Waals surface area contributed by atoms with E-state index in [4.69, 9.17) is 16.0 Å². The van der Waals surface area contributed by atoms with Crippen LogP contribution in [-0.2, 0) is 12.8 Å². The Morgan fingerprint density at radius 3 is 2.52 bits per heavy atom. The van der Waals surface area contributed by atoms with Crippen LogP contribution in [0.15, 0.2) is 65.4 Å². The first-order chi connectivity index (χ1) is 13.2. The summed E-state index contributed by atoms with van der Waals surface area (Å²) in [5, 5.41) is 3.80. The molecule has 4 aromatic rings. The van der Waals surface area contributed by atoms with Gasteiger partial charge >= 0.3 is 5.84 Å². The van der Waals surface area contributed by atoms with E-state index in [1.165, 1.54) is 17.4 Å². The van der Waals surface area contributed by atoms with Crippen LogP contribution >= 0.6 is 11.6 Å². The summed E-state index contributed by atoms with van der Waals surface area (Å²) in [4.78, 5) is 17.6. The van der Waals surface area contributed by atoms with E-state index in [1.807, 2.05) is 24.3 Å². The smallest absolute Gasteiger partial charge is 0.306 e. The minimum Gasteiger partial charge on any atom is -0.432 e. The number of carbonyl (C=O) groups is 1. The molecule has 27 heavy (non-hydrogen) atoms. The molecule has 134 valence electrons. The maximum Gasteiger partial charge on any atom is 0.306 e. The highest BCUT2D eigenvalue weighted by atomic mass is 35.5. The van der Waals surface area contributed by atoms with Gasteiger partial charge in [0.2, 0.25) is 0 Å². The van der Waals surface area contributed by atoms with Crippen LogP contribution in [0.1, 0.15) is 21.6 Å². The molecule has 0 spiro atoms. The second kappa shape index (κ2) is 6.28. The van der Waals surface area contributed by atoms with Crippen molar-refractivity contribution in [3.63, 3.8) is 0 Å². The van der Waals surface area contributed by atoms with E-state index in [0.717, 1.165) is 18.4 Å². The molecule has 0 saturated heterocycles. The van der Waals surface area contributed by atoms with Crippen LogP contribution in [0, 0.1) is 0 Å². The number of oxazole rings is 1. The highest BCUT2D eigenvalue weighted by molar-refractivity contribution is 6.30. The maximum atomic E-state index is 13.1. The van der Waals surface area contributed by atoms with Gasteiger partial charge in [0.05, 0.1) is 0 Å². The second-order valence-corrected chi connectivity index (χ2v) is 7.16. The topological polar surface area (TPSA) is 59.5 Å². The predicted octanol–water partition coefficient (Wildman–Crippen LogP) is 4.14. The summed E-state index contributed by atoms with van der Waals surface area (Å²) >= 11 is 5.99. The van der Waals surface area contributed by atoms with Gasteiger partial charge in [-0.25, -0.2) is 0 Å². The molecule has 0 unspecified atom stereocenters. The van der Waals surface area contributed by atoms with Crippen LogP contribution in [0.4, 0.5) is 0 Å². The molecular weight excluding hydrogens is 362 g/mol. The van der Waals surface area contributed by atoms with E-state index >= 15 is 0 Å². The first kappa shape index (κ1) is 16.1. The van der Waals surface area contributed by atoms with Crippen molar-refractivity contribution in [2.45, 2.75) is 18.9 Å². The first-order valence-corrected chi connectivity index (χ1v) is 9.16. The van der Waals surface area contributed by atoms with Crippen molar-refractivity contribution in [1.29, 1.82) is 0 Å². The van der Waals surface area contributed by atoms with Crippen molar-refractivity contribution < 1.29 is 9.21 Å². The highest BCUT2D eigenvalue weighted by Crippen LogP contribution is 2.27. The zero-order chi connectivity index (χ0) is 18.4. The number of nitrogens with one attached hydrogen (secondary N) is 1. The van der Waals surface area contributed by atoms with Gasteiger partial charge in [0, 0.05) is 22.8 Å². The van der Waals surface area contributed by atoms with Crippen LogP contribution in [0.3, 0.4) is 0 Å². The zero-order valence-electron chi connectivity index (χ0n) is 14.4. The van der Waals surface area contributed by atoms with E-state index in [1.54, 1.807) is 22.7 Å². The third-order valence-electron chi connectivity index (χ3n) is 4.98. The molecule has 0 radical (unpaired) electrons. The molecule has 0 aliphatic heterocycles. The van der Waals surface area contributed by atoms with Crippen molar-refractivity contribution in [1.82, 2.24) is 14.7 Å². The molecule has 1 N–H and O–H groups in total. The van der Waals surface area contributed by atoms with Crippen molar-refractivity contribution in [2.24, 2.45) is 0 Å². The average molecular weight is 378 g/mol. The lowest BCUT2D eigenvalue weighted by molar-refractivity contribution is 0.0933. The molecule has 0 fully saturated rings. The van der Waals surface area contributed by atoms with E-state index < -0.39 is 0 Å². The number of fused-ring (bicyclic) bond motifs is 2. The van der Waals surface area contributed by atoms with E-state index in [9.17, 15) is 4.79 Å². The minimum atomic E-state index is -0.161. The Kier molecular flexibility index (Phi) is 3.76. The molecule has 2 aromatic heterocycles. The van der Waals surface area contributed by atoms with Gasteiger partial charge in [-0.3, -0.25) is 9.20 Å². The Hall–Kier alpha value is -3.05. The SMILES string of the molecule is O=C(NC1Cc2ccccc2C1)c1c(-c2ccc(Cl)cc2)nc2occn12. The molecule has 0 bridgehead atoms. The Morgan fingerprint density at radius 1 is 1.11 bits per heavy atom. The van der Waals surface area contributed by atoms with Crippen LogP contribution in [0.25, 0.3) is 17.1 Å². The first-order valence-electron chi connectivity index (χ1n) is 8.78. The maximum absolute atomic E-state index is 13.1. The average Bonchev–Trinajstić information content (AvgIpc) is 3.35. The Labute approximate surface area is 160 Å². The van der Waals surface area contributed by atoms with Crippen LogP contribution < -0.4 is 5.32 Å². The molecule has 5 nitrogen and oxygen atoms in total. The Bertz CT molecular complexity index is 1120. The third kappa shape index (κ3) is 2.80. The quantitative estimate of drug-likeness (QED) is 0.583. The number of imidazole rings is 1. The fourth-order valence-electron chi connectivity index (χ4n) is 3.73. The lowest BCUT2D eigenvalue weighted by atomic mass is 10.1. The van der Waals surface area contributed by atoms with Gasteiger partial charge in [-0.05, 0) is 36.1 Å². The molecule has 0 saturated carbocycles. The van der Waals surface area contributed by atoms with Gasteiger partial charge in [0.1, 0.15) is 17.7 Å². The fourth-order valence-corrected chi connectivity index (χ4v) is 3.85. The number of benzene rings is 2. The van der Waals surface area contributed by atoms with Gasteiger partial charge in [0.25, 0.3) is 5.91 Å². The number of aromatic nitrogens is 2. The van der Waals surface area contributed by atoms with Gasteiger partial charge in [0.15, 0.2) is 0 Å². The lowest BCUT2D eigenvalue weighted by Gasteiger charge is -2.12. The normalized spacial score (nSPS) is 13.8. The monoisotopic (exact) mass is 377 g/mol. The standard InChI is InChI=1S/C21H16ClN3O2/c22-16-7-5-13(6-8-16)18-19(25-9-10-27-21(25)24-18)20(26)23-17-11-14-3-1-2-4-15(14)12-17/h1-10,17H,11-12H2,(H,23,26). The summed E-state index contributed by atoms with van der Waals surface area (Å²) in [7, 11) is 0. The molecule has 2 heterocycles. The number of hydrogen-bond donors (Lipinski definition) is 1. The minimum absolute atomic E-state index is 0.0745. The number of rotatable bonds is 3. The number of nitrogens with zero attached hydrogens (tertiary/aromatic N) is 2. The van der Waals surface area contributed by atoms with Crippen LogP contribution in [-0.4, -0.2) is 21.3 Å². The Balaban J connectivity index is 1.49. The van der Waals surface area contributed by atoms with Crippen LogP contribution in [0.5, 0.6) is 0 Å². The molecule has 2 aromatic carbocycles. The molecule has 1 aliphatic rings. The summed E-state index contributed by atoms with van der Waals surface area (Å²) in [6.45, 7) is 0. The van der Waals surface area contributed by atoms with E-state index in [0.29, 0.717) is 22.3 Å². The van der Waals surface area contributed by atoms with Gasteiger partial charge in [-0.1, -0.05) is 48.0 Å². The van der Waals surface area contributed by atoms with Gasteiger partial charge < -0.3 is 9.73 Å². The second-order valence-electron chi connectivity index (χ2n) is 6.72.